The molecular weight excluding hydrogens is 253 g/mol. The molecule has 0 unspecified atom stereocenters. The van der Waals surface area contributed by atoms with Crippen LogP contribution in [-0.4, -0.2) is 7.11 Å². The largest absolute Gasteiger partial charge is 0.496 e. The molecule has 1 aromatic carbocycles. The van der Waals surface area contributed by atoms with Gasteiger partial charge in [0.2, 0.25) is 0 Å². The van der Waals surface area contributed by atoms with E-state index in [-0.39, 0.29) is 12.4 Å². The predicted octanol–water partition coefficient (Wildman–Crippen LogP) is 2.48. The zero-order valence-corrected chi connectivity index (χ0v) is 9.67. The summed E-state index contributed by atoms with van der Waals surface area (Å²) >= 11 is 3.52. The maximum atomic E-state index is 5.25. The summed E-state index contributed by atoms with van der Waals surface area (Å²) in [6.07, 6.45) is 0. The van der Waals surface area contributed by atoms with Gasteiger partial charge in [0, 0.05) is 23.1 Å². The second-order valence-corrected chi connectivity index (χ2v) is 3.66. The first-order valence-electron chi connectivity index (χ1n) is 3.88. The van der Waals surface area contributed by atoms with Gasteiger partial charge < -0.3 is 10.1 Å². The van der Waals surface area contributed by atoms with Gasteiger partial charge >= 0.3 is 0 Å². The standard InChI is InChI=1S/C9H10BrNO.ClH/c1-12-9-3-2-8(10)6-4-11-5-7(6)9;/h2-3,11H,4-5H2,1H3;1H. The van der Waals surface area contributed by atoms with E-state index in [1.165, 1.54) is 15.6 Å². The van der Waals surface area contributed by atoms with Crippen molar-refractivity contribution in [3.63, 3.8) is 0 Å². The summed E-state index contributed by atoms with van der Waals surface area (Å²) in [5.74, 6) is 0.984. The summed E-state index contributed by atoms with van der Waals surface area (Å²) in [5, 5.41) is 3.29. The SMILES string of the molecule is COc1ccc(Br)c2c1CNC2.Cl. The highest BCUT2D eigenvalue weighted by Gasteiger charge is 2.16. The third-order valence-corrected chi connectivity index (χ3v) is 2.90. The fraction of sp³-hybridized carbons (Fsp3) is 0.333. The van der Waals surface area contributed by atoms with Gasteiger partial charge in [-0.2, -0.15) is 0 Å². The normalized spacial score (nSPS) is 13.4. The molecule has 0 aromatic heterocycles. The molecule has 1 N–H and O–H groups in total. The van der Waals surface area contributed by atoms with Crippen LogP contribution in [0.4, 0.5) is 0 Å². The minimum atomic E-state index is 0. The second kappa shape index (κ2) is 4.31. The molecule has 72 valence electrons. The maximum absolute atomic E-state index is 5.25. The average molecular weight is 265 g/mol. The molecule has 0 saturated carbocycles. The quantitative estimate of drug-likeness (QED) is 0.841. The zero-order valence-electron chi connectivity index (χ0n) is 7.26. The lowest BCUT2D eigenvalue weighted by atomic mass is 10.1. The van der Waals surface area contributed by atoms with Crippen LogP contribution in [0, 0.1) is 0 Å². The Labute approximate surface area is 92.2 Å². The van der Waals surface area contributed by atoms with Crippen molar-refractivity contribution in [1.29, 1.82) is 0 Å². The molecule has 0 amide bonds. The molecule has 2 rings (SSSR count). The lowest BCUT2D eigenvalue weighted by Gasteiger charge is -2.06. The molecule has 0 atom stereocenters. The monoisotopic (exact) mass is 263 g/mol. The van der Waals surface area contributed by atoms with Crippen LogP contribution >= 0.6 is 28.3 Å². The Kier molecular flexibility index (Phi) is 3.59. The van der Waals surface area contributed by atoms with Gasteiger partial charge in [0.05, 0.1) is 7.11 Å². The van der Waals surface area contributed by atoms with Crippen LogP contribution in [0.15, 0.2) is 16.6 Å². The molecule has 4 heteroatoms. The van der Waals surface area contributed by atoms with Crippen LogP contribution in [0.5, 0.6) is 5.75 Å². The summed E-state index contributed by atoms with van der Waals surface area (Å²) in [7, 11) is 1.71. The molecule has 1 aliphatic heterocycles. The van der Waals surface area contributed by atoms with Gasteiger partial charge in [0.1, 0.15) is 5.75 Å². The van der Waals surface area contributed by atoms with Crippen molar-refractivity contribution in [2.75, 3.05) is 7.11 Å². The third kappa shape index (κ3) is 1.82. The molecule has 1 aliphatic rings. The first-order valence-corrected chi connectivity index (χ1v) is 4.67. The predicted molar refractivity (Wildman–Crippen MR) is 58.5 cm³/mol. The Morgan fingerprint density at radius 1 is 1.31 bits per heavy atom. The Balaban J connectivity index is 0.000000845. The molecule has 0 spiro atoms. The topological polar surface area (TPSA) is 21.3 Å². The van der Waals surface area contributed by atoms with E-state index in [2.05, 4.69) is 21.2 Å². The molecule has 0 fully saturated rings. The van der Waals surface area contributed by atoms with Crippen molar-refractivity contribution in [2.24, 2.45) is 0 Å². The van der Waals surface area contributed by atoms with Crippen molar-refractivity contribution in [3.8, 4) is 5.75 Å². The fourth-order valence-corrected chi connectivity index (χ4v) is 2.04. The third-order valence-electron chi connectivity index (χ3n) is 2.15. The Bertz CT molecular complexity index is 317. The first kappa shape index (κ1) is 10.8. The summed E-state index contributed by atoms with van der Waals surface area (Å²) in [4.78, 5) is 0. The number of hydrogen-bond donors (Lipinski definition) is 1. The van der Waals surface area contributed by atoms with E-state index in [4.69, 9.17) is 4.74 Å². The van der Waals surface area contributed by atoms with E-state index in [1.807, 2.05) is 12.1 Å². The number of ether oxygens (including phenoxy) is 1. The van der Waals surface area contributed by atoms with Crippen LogP contribution in [0.1, 0.15) is 11.1 Å². The average Bonchev–Trinajstić information content (AvgIpc) is 2.54. The number of rotatable bonds is 1. The van der Waals surface area contributed by atoms with Gasteiger partial charge in [0.25, 0.3) is 0 Å². The lowest BCUT2D eigenvalue weighted by molar-refractivity contribution is 0.410. The van der Waals surface area contributed by atoms with Crippen LogP contribution in [0.3, 0.4) is 0 Å². The molecule has 1 heterocycles. The van der Waals surface area contributed by atoms with Crippen molar-refractivity contribution in [3.05, 3.63) is 27.7 Å². The number of halogens is 2. The summed E-state index contributed by atoms with van der Waals surface area (Å²) in [6, 6.07) is 4.03. The molecular formula is C9H11BrClNO. The minimum absolute atomic E-state index is 0. The number of hydrogen-bond acceptors (Lipinski definition) is 2. The van der Waals surface area contributed by atoms with Crippen molar-refractivity contribution >= 4 is 28.3 Å². The van der Waals surface area contributed by atoms with Gasteiger partial charge in [-0.15, -0.1) is 12.4 Å². The molecule has 0 radical (unpaired) electrons. The molecule has 0 saturated heterocycles. The number of methoxy groups -OCH3 is 1. The van der Waals surface area contributed by atoms with Gasteiger partial charge in [-0.25, -0.2) is 0 Å². The van der Waals surface area contributed by atoms with E-state index in [1.54, 1.807) is 7.11 Å². The van der Waals surface area contributed by atoms with Gasteiger partial charge in [-0.1, -0.05) is 15.9 Å². The summed E-state index contributed by atoms with van der Waals surface area (Å²) < 4.78 is 6.42. The maximum Gasteiger partial charge on any atom is 0.123 e. The van der Waals surface area contributed by atoms with Crippen molar-refractivity contribution < 1.29 is 4.74 Å². The minimum Gasteiger partial charge on any atom is -0.496 e. The Morgan fingerprint density at radius 3 is 2.69 bits per heavy atom. The first-order chi connectivity index (χ1) is 5.83. The van der Waals surface area contributed by atoms with Crippen LogP contribution in [0.25, 0.3) is 0 Å². The van der Waals surface area contributed by atoms with Crippen molar-refractivity contribution in [1.82, 2.24) is 5.32 Å². The molecule has 13 heavy (non-hydrogen) atoms. The van der Waals surface area contributed by atoms with E-state index >= 15 is 0 Å². The van der Waals surface area contributed by atoms with E-state index < -0.39 is 0 Å². The van der Waals surface area contributed by atoms with Crippen LogP contribution in [0.2, 0.25) is 0 Å². The van der Waals surface area contributed by atoms with E-state index in [9.17, 15) is 0 Å². The smallest absolute Gasteiger partial charge is 0.123 e. The van der Waals surface area contributed by atoms with Gasteiger partial charge in [-0.3, -0.25) is 0 Å². The highest BCUT2D eigenvalue weighted by molar-refractivity contribution is 9.10. The molecule has 2 nitrogen and oxygen atoms in total. The number of fused-ring (bicyclic) bond motifs is 1. The number of nitrogens with one attached hydrogen (secondary N) is 1. The molecule has 0 bridgehead atoms. The fourth-order valence-electron chi connectivity index (χ4n) is 1.53. The summed E-state index contributed by atoms with van der Waals surface area (Å²) in [5.41, 5.74) is 2.61. The Morgan fingerprint density at radius 2 is 2.00 bits per heavy atom. The Hall–Kier alpha value is -0.250. The van der Waals surface area contributed by atoms with Crippen LogP contribution < -0.4 is 10.1 Å². The lowest BCUT2D eigenvalue weighted by Crippen LogP contribution is -2.00. The molecule has 1 aromatic rings. The highest BCUT2D eigenvalue weighted by atomic mass is 79.9. The highest BCUT2D eigenvalue weighted by Crippen LogP contribution is 2.31. The number of benzene rings is 1. The zero-order chi connectivity index (χ0) is 8.55. The van der Waals surface area contributed by atoms with Gasteiger partial charge in [-0.05, 0) is 17.7 Å². The van der Waals surface area contributed by atoms with Gasteiger partial charge in [0.15, 0.2) is 0 Å². The van der Waals surface area contributed by atoms with Crippen LogP contribution in [-0.2, 0) is 13.1 Å². The molecule has 0 aliphatic carbocycles. The second-order valence-electron chi connectivity index (χ2n) is 2.81. The van der Waals surface area contributed by atoms with Crippen molar-refractivity contribution in [2.45, 2.75) is 13.1 Å². The van der Waals surface area contributed by atoms with E-state index in [0.717, 1.165) is 18.8 Å². The summed E-state index contributed by atoms with van der Waals surface area (Å²) in [6.45, 7) is 1.85. The van der Waals surface area contributed by atoms with E-state index in [0.29, 0.717) is 0 Å².